The number of carbonyl (C=O) groups is 1. The first-order valence-electron chi connectivity index (χ1n) is 6.02. The van der Waals surface area contributed by atoms with Crippen LogP contribution in [0.2, 0.25) is 0 Å². The minimum Gasteiger partial charge on any atom is -0.333 e. The summed E-state index contributed by atoms with van der Waals surface area (Å²) in [6, 6.07) is 0. The molecule has 94 valence electrons. The summed E-state index contributed by atoms with van der Waals surface area (Å²) >= 11 is 0. The molecule has 0 aromatic carbocycles. The molecule has 1 amide bonds. The van der Waals surface area contributed by atoms with Crippen molar-refractivity contribution in [1.29, 1.82) is 0 Å². The predicted molar refractivity (Wildman–Crippen MR) is 65.1 cm³/mol. The van der Waals surface area contributed by atoms with Crippen LogP contribution in [0, 0.1) is 0 Å². The van der Waals surface area contributed by atoms with E-state index in [1.54, 1.807) is 6.20 Å². The monoisotopic (exact) mass is 236 g/mol. The molecule has 5 nitrogen and oxygen atoms in total. The van der Waals surface area contributed by atoms with E-state index in [4.69, 9.17) is 5.73 Å². The van der Waals surface area contributed by atoms with Crippen LogP contribution in [0.25, 0.3) is 0 Å². The SMILES string of the molecule is CC(C)(N)CCC(=O)N1CCn2ccnc2C1. The first kappa shape index (κ1) is 12.1. The first-order chi connectivity index (χ1) is 7.96. The molecule has 0 bridgehead atoms. The molecule has 1 aromatic rings. The van der Waals surface area contributed by atoms with Gasteiger partial charge in [-0.2, -0.15) is 0 Å². The van der Waals surface area contributed by atoms with Crippen LogP contribution < -0.4 is 5.73 Å². The van der Waals surface area contributed by atoms with E-state index in [1.165, 1.54) is 0 Å². The fraction of sp³-hybridized carbons (Fsp3) is 0.667. The zero-order chi connectivity index (χ0) is 12.5. The van der Waals surface area contributed by atoms with Crippen molar-refractivity contribution < 1.29 is 4.79 Å². The zero-order valence-corrected chi connectivity index (χ0v) is 10.5. The molecule has 1 aromatic heterocycles. The van der Waals surface area contributed by atoms with Gasteiger partial charge in [0.15, 0.2) is 0 Å². The summed E-state index contributed by atoms with van der Waals surface area (Å²) in [5.41, 5.74) is 5.61. The van der Waals surface area contributed by atoms with Crippen molar-refractivity contribution in [1.82, 2.24) is 14.5 Å². The van der Waals surface area contributed by atoms with Crippen LogP contribution in [0.5, 0.6) is 0 Å². The second kappa shape index (κ2) is 4.49. The van der Waals surface area contributed by atoms with Crippen molar-refractivity contribution in [2.24, 2.45) is 5.73 Å². The topological polar surface area (TPSA) is 64.2 Å². The summed E-state index contributed by atoms with van der Waals surface area (Å²) in [5, 5.41) is 0. The Bertz CT molecular complexity index is 405. The van der Waals surface area contributed by atoms with Gasteiger partial charge in [0.1, 0.15) is 5.82 Å². The molecule has 2 N–H and O–H groups in total. The van der Waals surface area contributed by atoms with Gasteiger partial charge in [-0.05, 0) is 20.3 Å². The molecule has 0 radical (unpaired) electrons. The molecule has 0 atom stereocenters. The van der Waals surface area contributed by atoms with Crippen molar-refractivity contribution in [3.05, 3.63) is 18.2 Å². The molecule has 0 aliphatic carbocycles. The lowest BCUT2D eigenvalue weighted by atomic mass is 9.99. The highest BCUT2D eigenvalue weighted by atomic mass is 16.2. The van der Waals surface area contributed by atoms with Gasteiger partial charge in [0, 0.05) is 37.4 Å². The van der Waals surface area contributed by atoms with E-state index >= 15 is 0 Å². The maximum Gasteiger partial charge on any atom is 0.223 e. The molecular formula is C12H20N4O. The second-order valence-corrected chi connectivity index (χ2v) is 5.34. The fourth-order valence-electron chi connectivity index (χ4n) is 1.97. The molecule has 0 fully saturated rings. The first-order valence-corrected chi connectivity index (χ1v) is 6.02. The number of amides is 1. The molecule has 0 saturated carbocycles. The van der Waals surface area contributed by atoms with E-state index in [2.05, 4.69) is 9.55 Å². The molecule has 1 aliphatic heterocycles. The molecule has 1 aliphatic rings. The summed E-state index contributed by atoms with van der Waals surface area (Å²) < 4.78 is 2.09. The van der Waals surface area contributed by atoms with Gasteiger partial charge in [-0.1, -0.05) is 0 Å². The Morgan fingerprint density at radius 3 is 3.00 bits per heavy atom. The Morgan fingerprint density at radius 2 is 2.29 bits per heavy atom. The van der Waals surface area contributed by atoms with Crippen LogP contribution >= 0.6 is 0 Å². The number of carbonyl (C=O) groups excluding carboxylic acids is 1. The van der Waals surface area contributed by atoms with Gasteiger partial charge in [0.25, 0.3) is 0 Å². The van der Waals surface area contributed by atoms with Crippen molar-refractivity contribution in [3.8, 4) is 0 Å². The van der Waals surface area contributed by atoms with Crippen molar-refractivity contribution in [3.63, 3.8) is 0 Å². The number of fused-ring (bicyclic) bond motifs is 1. The van der Waals surface area contributed by atoms with E-state index in [1.807, 2.05) is 24.9 Å². The zero-order valence-electron chi connectivity index (χ0n) is 10.5. The van der Waals surface area contributed by atoms with Crippen LogP contribution in [0.3, 0.4) is 0 Å². The van der Waals surface area contributed by atoms with Crippen molar-refractivity contribution in [2.75, 3.05) is 6.54 Å². The Labute approximate surface area is 102 Å². The Kier molecular flexibility index (Phi) is 3.19. The molecule has 0 saturated heterocycles. The highest BCUT2D eigenvalue weighted by molar-refractivity contribution is 5.76. The fourth-order valence-corrected chi connectivity index (χ4v) is 1.97. The summed E-state index contributed by atoms with van der Waals surface area (Å²) in [5.74, 6) is 1.15. The molecule has 17 heavy (non-hydrogen) atoms. The average molecular weight is 236 g/mol. The maximum absolute atomic E-state index is 12.0. The van der Waals surface area contributed by atoms with Crippen LogP contribution in [-0.4, -0.2) is 32.4 Å². The molecule has 5 heteroatoms. The second-order valence-electron chi connectivity index (χ2n) is 5.34. The van der Waals surface area contributed by atoms with Gasteiger partial charge < -0.3 is 15.2 Å². The molecular weight excluding hydrogens is 216 g/mol. The summed E-state index contributed by atoms with van der Waals surface area (Å²) in [7, 11) is 0. The van der Waals surface area contributed by atoms with Gasteiger partial charge in [-0.25, -0.2) is 4.98 Å². The van der Waals surface area contributed by atoms with E-state index in [0.29, 0.717) is 13.0 Å². The quantitative estimate of drug-likeness (QED) is 0.842. The van der Waals surface area contributed by atoms with E-state index in [9.17, 15) is 4.79 Å². The minimum atomic E-state index is -0.274. The van der Waals surface area contributed by atoms with E-state index < -0.39 is 0 Å². The minimum absolute atomic E-state index is 0.178. The predicted octanol–water partition coefficient (Wildman–Crippen LogP) is 0.743. The number of nitrogens with zero attached hydrogens (tertiary/aromatic N) is 3. The number of rotatable bonds is 3. The van der Waals surface area contributed by atoms with Gasteiger partial charge in [-0.3, -0.25) is 4.79 Å². The number of nitrogens with two attached hydrogens (primary N) is 1. The van der Waals surface area contributed by atoms with Gasteiger partial charge in [0.05, 0.1) is 6.54 Å². The number of hydrogen-bond donors (Lipinski definition) is 1. The molecule has 0 unspecified atom stereocenters. The van der Waals surface area contributed by atoms with Crippen molar-refractivity contribution in [2.45, 2.75) is 45.3 Å². The number of aromatic nitrogens is 2. The van der Waals surface area contributed by atoms with E-state index in [0.717, 1.165) is 25.3 Å². The Balaban J connectivity index is 1.90. The number of imidazole rings is 1. The highest BCUT2D eigenvalue weighted by Gasteiger charge is 2.22. The molecule has 0 spiro atoms. The van der Waals surface area contributed by atoms with Crippen LogP contribution in [0.1, 0.15) is 32.5 Å². The molecule has 2 rings (SSSR count). The summed E-state index contributed by atoms with van der Waals surface area (Å²) in [6.07, 6.45) is 4.98. The largest absolute Gasteiger partial charge is 0.333 e. The smallest absolute Gasteiger partial charge is 0.223 e. The van der Waals surface area contributed by atoms with E-state index in [-0.39, 0.29) is 11.4 Å². The lowest BCUT2D eigenvalue weighted by Gasteiger charge is -2.28. The van der Waals surface area contributed by atoms with Crippen LogP contribution in [-0.2, 0) is 17.9 Å². The highest BCUT2D eigenvalue weighted by Crippen LogP contribution is 2.14. The summed E-state index contributed by atoms with van der Waals surface area (Å²) in [6.45, 7) is 6.13. The summed E-state index contributed by atoms with van der Waals surface area (Å²) in [4.78, 5) is 18.1. The third kappa shape index (κ3) is 3.06. The number of hydrogen-bond acceptors (Lipinski definition) is 3. The normalized spacial score (nSPS) is 15.8. The maximum atomic E-state index is 12.0. The Hall–Kier alpha value is -1.36. The van der Waals surface area contributed by atoms with Gasteiger partial charge in [-0.15, -0.1) is 0 Å². The van der Waals surface area contributed by atoms with Gasteiger partial charge in [0.2, 0.25) is 5.91 Å². The van der Waals surface area contributed by atoms with Crippen molar-refractivity contribution >= 4 is 5.91 Å². The standard InChI is InChI=1S/C12H20N4O/c1-12(2,13)4-3-11(17)16-8-7-15-6-5-14-10(15)9-16/h5-6H,3-4,7-9,13H2,1-2H3. The third-order valence-electron chi connectivity index (χ3n) is 3.08. The Morgan fingerprint density at radius 1 is 1.53 bits per heavy atom. The average Bonchev–Trinajstić information content (AvgIpc) is 2.71. The van der Waals surface area contributed by atoms with Crippen LogP contribution in [0.15, 0.2) is 12.4 Å². The molecule has 2 heterocycles. The lowest BCUT2D eigenvalue weighted by Crippen LogP contribution is -2.40. The lowest BCUT2D eigenvalue weighted by molar-refractivity contribution is -0.133. The third-order valence-corrected chi connectivity index (χ3v) is 3.08. The van der Waals surface area contributed by atoms with Gasteiger partial charge >= 0.3 is 0 Å². The van der Waals surface area contributed by atoms with Crippen LogP contribution in [0.4, 0.5) is 0 Å².